The lowest BCUT2D eigenvalue weighted by atomic mass is 10.2. The van der Waals surface area contributed by atoms with Gasteiger partial charge in [0.2, 0.25) is 0 Å². The van der Waals surface area contributed by atoms with Gasteiger partial charge in [0.25, 0.3) is 0 Å². The molecule has 0 saturated heterocycles. The van der Waals surface area contributed by atoms with Crippen LogP contribution in [0.1, 0.15) is 12.0 Å². The van der Waals surface area contributed by atoms with Crippen LogP contribution in [0.3, 0.4) is 0 Å². The molecule has 1 rings (SSSR count). The van der Waals surface area contributed by atoms with E-state index < -0.39 is 11.7 Å². The van der Waals surface area contributed by atoms with Crippen LogP contribution in [0.4, 0.5) is 13.2 Å². The fraction of sp³-hybridized carbons (Fsp3) is 0.400. The van der Waals surface area contributed by atoms with E-state index in [9.17, 15) is 13.2 Å². The molecule has 0 saturated carbocycles. The van der Waals surface area contributed by atoms with Gasteiger partial charge in [-0.25, -0.2) is 0 Å². The molecular weight excluding hydrogens is 245 g/mol. The van der Waals surface area contributed by atoms with Gasteiger partial charge >= 0.3 is 6.18 Å². The van der Waals surface area contributed by atoms with Crippen molar-refractivity contribution >= 4 is 23.4 Å². The Morgan fingerprint density at radius 3 is 2.60 bits per heavy atom. The molecule has 1 aromatic carbocycles. The van der Waals surface area contributed by atoms with Crippen molar-refractivity contribution in [2.45, 2.75) is 17.5 Å². The smallest absolute Gasteiger partial charge is 0.166 e. The topological polar surface area (TPSA) is 0 Å². The fourth-order valence-electron chi connectivity index (χ4n) is 1.01. The van der Waals surface area contributed by atoms with E-state index in [0.717, 1.165) is 18.2 Å². The minimum Gasteiger partial charge on any atom is -0.166 e. The highest BCUT2D eigenvalue weighted by atomic mass is 35.5. The van der Waals surface area contributed by atoms with Gasteiger partial charge < -0.3 is 0 Å². The molecule has 0 aliphatic carbocycles. The quantitative estimate of drug-likeness (QED) is 0.435. The highest BCUT2D eigenvalue weighted by molar-refractivity contribution is 7.99. The van der Waals surface area contributed by atoms with E-state index in [-0.39, 0.29) is 0 Å². The highest BCUT2D eigenvalue weighted by Crippen LogP contribution is 2.31. The van der Waals surface area contributed by atoms with E-state index >= 15 is 0 Å². The molecule has 0 atom stereocenters. The van der Waals surface area contributed by atoms with Gasteiger partial charge in [-0.15, -0.1) is 23.4 Å². The second kappa shape index (κ2) is 5.66. The van der Waals surface area contributed by atoms with Gasteiger partial charge in [0.05, 0.1) is 5.56 Å². The number of hydrogen-bond acceptors (Lipinski definition) is 1. The van der Waals surface area contributed by atoms with Crippen molar-refractivity contribution < 1.29 is 13.2 Å². The number of benzene rings is 1. The van der Waals surface area contributed by atoms with Crippen LogP contribution in [-0.4, -0.2) is 11.6 Å². The predicted octanol–water partition coefficient (Wildman–Crippen LogP) is 4.43. The van der Waals surface area contributed by atoms with E-state index in [2.05, 4.69) is 0 Å². The van der Waals surface area contributed by atoms with Crippen LogP contribution in [0.25, 0.3) is 0 Å². The number of alkyl halides is 4. The van der Waals surface area contributed by atoms with Crippen molar-refractivity contribution in [1.82, 2.24) is 0 Å². The molecule has 0 aromatic heterocycles. The largest absolute Gasteiger partial charge is 0.416 e. The number of halogens is 4. The van der Waals surface area contributed by atoms with E-state index in [1.165, 1.54) is 23.9 Å². The summed E-state index contributed by atoms with van der Waals surface area (Å²) in [7, 11) is 0. The van der Waals surface area contributed by atoms with Crippen LogP contribution >= 0.6 is 23.4 Å². The van der Waals surface area contributed by atoms with Crippen molar-refractivity contribution in [3.05, 3.63) is 29.8 Å². The first-order chi connectivity index (χ1) is 7.04. The van der Waals surface area contributed by atoms with Crippen molar-refractivity contribution in [2.24, 2.45) is 0 Å². The van der Waals surface area contributed by atoms with Gasteiger partial charge in [0.15, 0.2) is 0 Å². The summed E-state index contributed by atoms with van der Waals surface area (Å²) in [4.78, 5) is 0.634. The third-order valence-electron chi connectivity index (χ3n) is 1.71. The summed E-state index contributed by atoms with van der Waals surface area (Å²) in [5.74, 6) is 1.27. The molecule has 1 aromatic rings. The molecule has 0 heterocycles. The zero-order valence-corrected chi connectivity index (χ0v) is 9.42. The van der Waals surface area contributed by atoms with Crippen LogP contribution in [-0.2, 0) is 6.18 Å². The van der Waals surface area contributed by atoms with Crippen molar-refractivity contribution in [3.8, 4) is 0 Å². The Morgan fingerprint density at radius 2 is 2.00 bits per heavy atom. The fourth-order valence-corrected chi connectivity index (χ4v) is 2.21. The summed E-state index contributed by atoms with van der Waals surface area (Å²) >= 11 is 6.87. The normalized spacial score (nSPS) is 11.7. The van der Waals surface area contributed by atoms with E-state index in [1.807, 2.05) is 0 Å². The van der Waals surface area contributed by atoms with Crippen LogP contribution in [0.2, 0.25) is 0 Å². The van der Waals surface area contributed by atoms with Crippen LogP contribution in [0, 0.1) is 0 Å². The Balaban J connectivity index is 2.66. The minimum atomic E-state index is -4.26. The molecule has 0 radical (unpaired) electrons. The maximum absolute atomic E-state index is 12.3. The first-order valence-corrected chi connectivity index (χ1v) is 5.92. The monoisotopic (exact) mass is 254 g/mol. The van der Waals surface area contributed by atoms with E-state index in [0.29, 0.717) is 10.8 Å². The molecule has 0 amide bonds. The lowest BCUT2D eigenvalue weighted by molar-refractivity contribution is -0.137. The Hall–Kier alpha value is -0.350. The van der Waals surface area contributed by atoms with Gasteiger partial charge in [-0.2, -0.15) is 13.2 Å². The standard InChI is InChI=1S/C10H10ClF3S/c11-5-2-6-15-9-4-1-3-8(7-9)10(12,13)14/h1,3-4,7H,2,5-6H2. The zero-order chi connectivity index (χ0) is 11.3. The Bertz CT molecular complexity index is 312. The molecular formula is C10H10ClF3S. The van der Waals surface area contributed by atoms with Crippen LogP contribution in [0.5, 0.6) is 0 Å². The first-order valence-electron chi connectivity index (χ1n) is 4.40. The number of rotatable bonds is 4. The molecule has 0 N–H and O–H groups in total. The van der Waals surface area contributed by atoms with E-state index in [4.69, 9.17) is 11.6 Å². The summed E-state index contributed by atoms with van der Waals surface area (Å²) in [6, 6.07) is 5.34. The summed E-state index contributed by atoms with van der Waals surface area (Å²) < 4.78 is 37.0. The highest BCUT2D eigenvalue weighted by Gasteiger charge is 2.30. The number of hydrogen-bond donors (Lipinski definition) is 0. The van der Waals surface area contributed by atoms with Crippen molar-refractivity contribution in [1.29, 1.82) is 0 Å². The molecule has 0 aliphatic rings. The van der Waals surface area contributed by atoms with Gasteiger partial charge in [-0.3, -0.25) is 0 Å². The Kier molecular flexibility index (Phi) is 4.80. The predicted molar refractivity (Wildman–Crippen MR) is 57.5 cm³/mol. The molecule has 0 spiro atoms. The average Bonchev–Trinajstić information content (AvgIpc) is 2.17. The van der Waals surface area contributed by atoms with E-state index in [1.54, 1.807) is 6.07 Å². The first kappa shape index (κ1) is 12.7. The third kappa shape index (κ3) is 4.34. The molecule has 0 bridgehead atoms. The summed E-state index contributed by atoms with van der Waals surface area (Å²) in [6.07, 6.45) is -3.47. The Labute approximate surface area is 95.8 Å². The second-order valence-electron chi connectivity index (χ2n) is 2.92. The lowest BCUT2D eigenvalue weighted by Gasteiger charge is -2.07. The maximum atomic E-state index is 12.3. The molecule has 84 valence electrons. The summed E-state index contributed by atoms with van der Waals surface area (Å²) in [5, 5.41) is 0. The second-order valence-corrected chi connectivity index (χ2v) is 4.46. The molecule has 5 heteroatoms. The molecule has 0 aliphatic heterocycles. The Morgan fingerprint density at radius 1 is 1.27 bits per heavy atom. The number of thioether (sulfide) groups is 1. The average molecular weight is 255 g/mol. The maximum Gasteiger partial charge on any atom is 0.416 e. The van der Waals surface area contributed by atoms with Crippen LogP contribution in [0.15, 0.2) is 29.2 Å². The van der Waals surface area contributed by atoms with Gasteiger partial charge in [-0.05, 0) is 30.4 Å². The minimum absolute atomic E-state index is 0.534. The van der Waals surface area contributed by atoms with Crippen LogP contribution < -0.4 is 0 Å². The van der Waals surface area contributed by atoms with Gasteiger partial charge in [0, 0.05) is 10.8 Å². The van der Waals surface area contributed by atoms with Crippen molar-refractivity contribution in [2.75, 3.05) is 11.6 Å². The van der Waals surface area contributed by atoms with Crippen molar-refractivity contribution in [3.63, 3.8) is 0 Å². The summed E-state index contributed by atoms with van der Waals surface area (Å²) in [6.45, 7) is 0. The molecule has 0 nitrogen and oxygen atoms in total. The van der Waals surface area contributed by atoms with Gasteiger partial charge in [0.1, 0.15) is 0 Å². The molecule has 15 heavy (non-hydrogen) atoms. The lowest BCUT2D eigenvalue weighted by Crippen LogP contribution is -2.04. The summed E-state index contributed by atoms with van der Waals surface area (Å²) in [5.41, 5.74) is -0.599. The molecule has 0 fully saturated rings. The SMILES string of the molecule is FC(F)(F)c1cccc(SCCCCl)c1. The third-order valence-corrected chi connectivity index (χ3v) is 3.06. The molecule has 0 unspecified atom stereocenters. The van der Waals surface area contributed by atoms with Gasteiger partial charge in [-0.1, -0.05) is 6.07 Å². The zero-order valence-electron chi connectivity index (χ0n) is 7.85.